The fourth-order valence-electron chi connectivity index (χ4n) is 2.57. The Labute approximate surface area is 154 Å². The molecule has 3 aromatic rings. The maximum atomic E-state index is 12.5. The average Bonchev–Trinajstić information content (AvgIpc) is 2.54. The number of rotatable bonds is 4. The Morgan fingerprint density at radius 1 is 1.20 bits per heavy atom. The van der Waals surface area contributed by atoms with E-state index in [4.69, 9.17) is 23.2 Å². The second kappa shape index (κ2) is 7.25. The van der Waals surface area contributed by atoms with E-state index < -0.39 is 0 Å². The predicted molar refractivity (Wildman–Crippen MR) is 100 cm³/mol. The first-order valence-corrected chi connectivity index (χ1v) is 8.40. The van der Waals surface area contributed by atoms with Crippen molar-refractivity contribution in [2.45, 2.75) is 19.9 Å². The Morgan fingerprint density at radius 2 is 1.92 bits per heavy atom. The van der Waals surface area contributed by atoms with Crippen LogP contribution in [0.4, 0.5) is 5.69 Å². The summed E-state index contributed by atoms with van der Waals surface area (Å²) in [6, 6.07) is 10.3. The number of nitrogens with zero attached hydrogens (tertiary/aromatic N) is 2. The molecule has 5 nitrogen and oxygen atoms in total. The van der Waals surface area contributed by atoms with Gasteiger partial charge >= 0.3 is 0 Å². The van der Waals surface area contributed by atoms with Crippen molar-refractivity contribution >= 4 is 45.7 Å². The van der Waals surface area contributed by atoms with Crippen LogP contribution in [0.25, 0.3) is 10.9 Å². The lowest BCUT2D eigenvalue weighted by molar-refractivity contribution is -0.116. The van der Waals surface area contributed by atoms with Gasteiger partial charge in [0.05, 0.1) is 17.2 Å². The Kier molecular flexibility index (Phi) is 5.06. The van der Waals surface area contributed by atoms with E-state index in [1.807, 2.05) is 19.1 Å². The third-order valence-electron chi connectivity index (χ3n) is 3.78. The molecule has 0 saturated carbocycles. The van der Waals surface area contributed by atoms with Gasteiger partial charge in [-0.25, -0.2) is 4.98 Å². The number of hydrogen-bond acceptors (Lipinski definition) is 3. The zero-order chi connectivity index (χ0) is 18.0. The quantitative estimate of drug-likeness (QED) is 0.748. The number of para-hydroxylation sites is 1. The first-order chi connectivity index (χ1) is 11.9. The van der Waals surface area contributed by atoms with Crippen LogP contribution in [0.15, 0.2) is 47.5 Å². The molecule has 0 atom stereocenters. The Bertz CT molecular complexity index is 995. The minimum absolute atomic E-state index is 0.128. The van der Waals surface area contributed by atoms with Gasteiger partial charge < -0.3 is 5.32 Å². The first-order valence-electron chi connectivity index (χ1n) is 7.65. The van der Waals surface area contributed by atoms with Crippen molar-refractivity contribution < 1.29 is 4.79 Å². The maximum absolute atomic E-state index is 12.5. The van der Waals surface area contributed by atoms with Crippen LogP contribution in [0, 0.1) is 6.92 Å². The fourth-order valence-corrected chi connectivity index (χ4v) is 3.09. The number of fused-ring (bicyclic) bond motifs is 1. The fraction of sp³-hybridized carbons (Fsp3) is 0.167. The SMILES string of the molecule is Cc1cccc2c(=O)n(CCC(=O)Nc3cc(Cl)cc(Cl)c3)cnc12. The minimum Gasteiger partial charge on any atom is -0.326 e. The molecule has 2 aromatic carbocycles. The van der Waals surface area contributed by atoms with E-state index in [1.165, 1.54) is 10.9 Å². The molecule has 1 N–H and O–H groups in total. The second-order valence-electron chi connectivity index (χ2n) is 5.67. The predicted octanol–water partition coefficient (Wildman–Crippen LogP) is 4.04. The number of hydrogen-bond donors (Lipinski definition) is 1. The van der Waals surface area contributed by atoms with Gasteiger partial charge in [-0.15, -0.1) is 0 Å². The summed E-state index contributed by atoms with van der Waals surface area (Å²) < 4.78 is 1.44. The van der Waals surface area contributed by atoms with Crippen LogP contribution in [0.1, 0.15) is 12.0 Å². The van der Waals surface area contributed by atoms with E-state index in [0.717, 1.165) is 5.56 Å². The van der Waals surface area contributed by atoms with Gasteiger partial charge in [-0.05, 0) is 36.8 Å². The third kappa shape index (κ3) is 4.00. The van der Waals surface area contributed by atoms with Gasteiger partial charge in [0.2, 0.25) is 5.91 Å². The number of carbonyl (C=O) groups excluding carboxylic acids is 1. The van der Waals surface area contributed by atoms with Crippen LogP contribution >= 0.6 is 23.2 Å². The molecule has 0 fully saturated rings. The van der Waals surface area contributed by atoms with E-state index >= 15 is 0 Å². The van der Waals surface area contributed by atoms with Crippen LogP contribution in [0.5, 0.6) is 0 Å². The van der Waals surface area contributed by atoms with Crippen LogP contribution in [0.2, 0.25) is 10.0 Å². The molecule has 0 unspecified atom stereocenters. The van der Waals surface area contributed by atoms with E-state index in [2.05, 4.69) is 10.3 Å². The Morgan fingerprint density at radius 3 is 2.64 bits per heavy atom. The first kappa shape index (κ1) is 17.5. The molecule has 1 aromatic heterocycles. The molecule has 0 aliphatic carbocycles. The third-order valence-corrected chi connectivity index (χ3v) is 4.22. The molecule has 0 aliphatic rings. The number of benzene rings is 2. The zero-order valence-electron chi connectivity index (χ0n) is 13.4. The van der Waals surface area contributed by atoms with Crippen molar-refractivity contribution in [3.05, 3.63) is 68.7 Å². The van der Waals surface area contributed by atoms with Gasteiger partial charge in [0.25, 0.3) is 5.56 Å². The van der Waals surface area contributed by atoms with Crippen molar-refractivity contribution in [2.75, 3.05) is 5.32 Å². The van der Waals surface area contributed by atoms with Crippen molar-refractivity contribution in [1.82, 2.24) is 9.55 Å². The van der Waals surface area contributed by atoms with Crippen molar-refractivity contribution in [1.29, 1.82) is 0 Å². The van der Waals surface area contributed by atoms with E-state index in [9.17, 15) is 9.59 Å². The number of amides is 1. The summed E-state index contributed by atoms with van der Waals surface area (Å²) in [4.78, 5) is 28.9. The number of aryl methyl sites for hydroxylation is 2. The second-order valence-corrected chi connectivity index (χ2v) is 6.54. The lowest BCUT2D eigenvalue weighted by Crippen LogP contribution is -2.23. The molecule has 0 spiro atoms. The molecular formula is C18H15Cl2N3O2. The van der Waals surface area contributed by atoms with Gasteiger partial charge in [-0.2, -0.15) is 0 Å². The normalized spacial score (nSPS) is 10.8. The highest BCUT2D eigenvalue weighted by atomic mass is 35.5. The zero-order valence-corrected chi connectivity index (χ0v) is 14.9. The summed E-state index contributed by atoms with van der Waals surface area (Å²) in [6.45, 7) is 2.14. The summed E-state index contributed by atoms with van der Waals surface area (Å²) in [5, 5.41) is 4.14. The molecule has 3 rings (SSSR count). The molecule has 0 saturated heterocycles. The van der Waals surface area contributed by atoms with Gasteiger partial charge in [0, 0.05) is 28.7 Å². The number of aromatic nitrogens is 2. The molecule has 0 radical (unpaired) electrons. The number of nitrogens with one attached hydrogen (secondary N) is 1. The highest BCUT2D eigenvalue weighted by Crippen LogP contribution is 2.22. The lowest BCUT2D eigenvalue weighted by atomic mass is 10.1. The standard InChI is InChI=1S/C18H15Cl2N3O2/c1-11-3-2-4-15-17(11)21-10-23(18(15)25)6-5-16(24)22-14-8-12(19)7-13(20)9-14/h2-4,7-10H,5-6H2,1H3,(H,22,24). The smallest absolute Gasteiger partial charge is 0.261 e. The van der Waals surface area contributed by atoms with Crippen molar-refractivity contribution in [2.24, 2.45) is 0 Å². The molecule has 25 heavy (non-hydrogen) atoms. The largest absolute Gasteiger partial charge is 0.326 e. The van der Waals surface area contributed by atoms with Gasteiger partial charge in [0.15, 0.2) is 0 Å². The summed E-state index contributed by atoms with van der Waals surface area (Å²) in [5.41, 5.74) is 1.98. The van der Waals surface area contributed by atoms with E-state index in [-0.39, 0.29) is 24.4 Å². The molecule has 1 heterocycles. The molecular weight excluding hydrogens is 361 g/mol. The van der Waals surface area contributed by atoms with Crippen molar-refractivity contribution in [3.8, 4) is 0 Å². The Hall–Kier alpha value is -2.37. The van der Waals surface area contributed by atoms with Crippen LogP contribution in [-0.2, 0) is 11.3 Å². The summed E-state index contributed by atoms with van der Waals surface area (Å²) in [5.74, 6) is -0.241. The summed E-state index contributed by atoms with van der Waals surface area (Å²) in [6.07, 6.45) is 1.60. The lowest BCUT2D eigenvalue weighted by Gasteiger charge is -2.09. The van der Waals surface area contributed by atoms with Crippen LogP contribution < -0.4 is 10.9 Å². The molecule has 1 amide bonds. The number of anilines is 1. The van der Waals surface area contributed by atoms with Gasteiger partial charge in [-0.1, -0.05) is 35.3 Å². The van der Waals surface area contributed by atoms with E-state index in [1.54, 1.807) is 24.3 Å². The highest BCUT2D eigenvalue weighted by Gasteiger charge is 2.09. The maximum Gasteiger partial charge on any atom is 0.261 e. The Balaban J connectivity index is 1.73. The average molecular weight is 376 g/mol. The summed E-state index contributed by atoms with van der Waals surface area (Å²) >= 11 is 11.8. The highest BCUT2D eigenvalue weighted by molar-refractivity contribution is 6.35. The molecule has 7 heteroatoms. The monoisotopic (exact) mass is 375 g/mol. The topological polar surface area (TPSA) is 64.0 Å². The van der Waals surface area contributed by atoms with Gasteiger partial charge in [0.1, 0.15) is 0 Å². The molecule has 0 bridgehead atoms. The van der Waals surface area contributed by atoms with Gasteiger partial charge in [-0.3, -0.25) is 14.2 Å². The number of carbonyl (C=O) groups is 1. The molecule has 128 valence electrons. The molecule has 0 aliphatic heterocycles. The van der Waals surface area contributed by atoms with E-state index in [0.29, 0.717) is 26.6 Å². The van der Waals surface area contributed by atoms with Crippen LogP contribution in [-0.4, -0.2) is 15.5 Å². The van der Waals surface area contributed by atoms with Crippen molar-refractivity contribution in [3.63, 3.8) is 0 Å². The minimum atomic E-state index is -0.241. The number of halogens is 2. The summed E-state index contributed by atoms with van der Waals surface area (Å²) in [7, 11) is 0. The van der Waals surface area contributed by atoms with Crippen LogP contribution in [0.3, 0.4) is 0 Å².